The average molecular weight is 321 g/mol. The second-order valence-electron chi connectivity index (χ2n) is 3.92. The van der Waals surface area contributed by atoms with Gasteiger partial charge in [-0.1, -0.05) is 22.9 Å². The number of nitrogens with one attached hydrogen (secondary N) is 1. The minimum atomic E-state index is 0.477. The molecule has 0 amide bonds. The summed E-state index contributed by atoms with van der Waals surface area (Å²) < 4.78 is 6.32. The highest BCUT2D eigenvalue weighted by Crippen LogP contribution is 2.22. The molecule has 96 valence electrons. The maximum Gasteiger partial charge on any atom is 0.119 e. The number of halogens is 2. The Kier molecular flexibility index (Phi) is 6.93. The van der Waals surface area contributed by atoms with Gasteiger partial charge in [-0.2, -0.15) is 0 Å². The molecule has 17 heavy (non-hydrogen) atoms. The molecule has 1 aromatic carbocycles. The lowest BCUT2D eigenvalue weighted by molar-refractivity contribution is 0.413. The minimum Gasteiger partial charge on any atom is -0.497 e. The van der Waals surface area contributed by atoms with Crippen molar-refractivity contribution in [2.75, 3.05) is 13.0 Å². The van der Waals surface area contributed by atoms with Crippen LogP contribution in [0.5, 0.6) is 5.75 Å². The summed E-state index contributed by atoms with van der Waals surface area (Å²) >= 11 is 9.32. The first-order valence-corrected chi connectivity index (χ1v) is 7.15. The second kappa shape index (κ2) is 7.96. The SMILES string of the molecule is CCC(CCCl)NCc1cc(OC)ccc1Br. The van der Waals surface area contributed by atoms with Crippen molar-refractivity contribution in [2.45, 2.75) is 32.4 Å². The van der Waals surface area contributed by atoms with Crippen LogP contribution in [0.2, 0.25) is 0 Å². The number of rotatable bonds is 7. The Balaban J connectivity index is 2.60. The maximum absolute atomic E-state index is 5.77. The quantitative estimate of drug-likeness (QED) is 0.768. The van der Waals surface area contributed by atoms with Gasteiger partial charge in [-0.15, -0.1) is 11.6 Å². The third-order valence-electron chi connectivity index (χ3n) is 2.78. The van der Waals surface area contributed by atoms with Crippen molar-refractivity contribution in [2.24, 2.45) is 0 Å². The molecular formula is C13H19BrClNO. The highest BCUT2D eigenvalue weighted by molar-refractivity contribution is 9.10. The number of alkyl halides is 1. The van der Waals surface area contributed by atoms with Crippen molar-refractivity contribution in [1.29, 1.82) is 0 Å². The van der Waals surface area contributed by atoms with E-state index in [0.29, 0.717) is 11.9 Å². The van der Waals surface area contributed by atoms with E-state index in [1.807, 2.05) is 18.2 Å². The van der Waals surface area contributed by atoms with Gasteiger partial charge in [0.15, 0.2) is 0 Å². The van der Waals surface area contributed by atoms with Gasteiger partial charge in [0.25, 0.3) is 0 Å². The summed E-state index contributed by atoms with van der Waals surface area (Å²) in [6, 6.07) is 6.48. The van der Waals surface area contributed by atoms with Gasteiger partial charge in [-0.3, -0.25) is 0 Å². The van der Waals surface area contributed by atoms with E-state index in [-0.39, 0.29) is 0 Å². The fourth-order valence-electron chi connectivity index (χ4n) is 1.65. The van der Waals surface area contributed by atoms with Gasteiger partial charge in [0.2, 0.25) is 0 Å². The Morgan fingerprint density at radius 2 is 2.24 bits per heavy atom. The molecule has 0 fully saturated rings. The Bertz CT molecular complexity index is 346. The van der Waals surface area contributed by atoms with E-state index in [4.69, 9.17) is 16.3 Å². The first-order chi connectivity index (χ1) is 8.21. The lowest BCUT2D eigenvalue weighted by Gasteiger charge is -2.16. The van der Waals surface area contributed by atoms with E-state index in [0.717, 1.165) is 29.6 Å². The van der Waals surface area contributed by atoms with Crippen LogP contribution in [0.25, 0.3) is 0 Å². The van der Waals surface area contributed by atoms with E-state index < -0.39 is 0 Å². The van der Waals surface area contributed by atoms with Crippen LogP contribution in [-0.4, -0.2) is 19.0 Å². The average Bonchev–Trinajstić information content (AvgIpc) is 2.36. The zero-order valence-electron chi connectivity index (χ0n) is 10.3. The summed E-state index contributed by atoms with van der Waals surface area (Å²) in [4.78, 5) is 0. The predicted octanol–water partition coefficient (Wildman–Crippen LogP) is 3.95. The zero-order chi connectivity index (χ0) is 12.7. The molecule has 0 heterocycles. The normalized spacial score (nSPS) is 12.5. The second-order valence-corrected chi connectivity index (χ2v) is 5.15. The highest BCUT2D eigenvalue weighted by Gasteiger charge is 2.07. The van der Waals surface area contributed by atoms with Crippen molar-refractivity contribution in [3.63, 3.8) is 0 Å². The van der Waals surface area contributed by atoms with Crippen LogP contribution in [0, 0.1) is 0 Å². The number of hydrogen-bond acceptors (Lipinski definition) is 2. The molecule has 0 saturated heterocycles. The van der Waals surface area contributed by atoms with Crippen molar-refractivity contribution in [3.05, 3.63) is 28.2 Å². The van der Waals surface area contributed by atoms with E-state index in [9.17, 15) is 0 Å². The number of hydrogen-bond donors (Lipinski definition) is 1. The van der Waals surface area contributed by atoms with Crippen molar-refractivity contribution < 1.29 is 4.74 Å². The zero-order valence-corrected chi connectivity index (χ0v) is 12.6. The van der Waals surface area contributed by atoms with E-state index in [1.165, 1.54) is 5.56 Å². The lowest BCUT2D eigenvalue weighted by atomic mass is 10.1. The van der Waals surface area contributed by atoms with Crippen LogP contribution < -0.4 is 10.1 Å². The molecule has 0 bridgehead atoms. The highest BCUT2D eigenvalue weighted by atomic mass is 79.9. The smallest absolute Gasteiger partial charge is 0.119 e. The molecule has 2 nitrogen and oxygen atoms in total. The van der Waals surface area contributed by atoms with Gasteiger partial charge >= 0.3 is 0 Å². The van der Waals surface area contributed by atoms with Crippen molar-refractivity contribution in [3.8, 4) is 5.75 Å². The van der Waals surface area contributed by atoms with Gasteiger partial charge in [-0.25, -0.2) is 0 Å². The van der Waals surface area contributed by atoms with Crippen LogP contribution in [0.1, 0.15) is 25.3 Å². The van der Waals surface area contributed by atoms with Crippen LogP contribution >= 0.6 is 27.5 Å². The standard InChI is InChI=1S/C13H19BrClNO/c1-3-11(6-7-15)16-9-10-8-12(17-2)4-5-13(10)14/h4-5,8,11,16H,3,6-7,9H2,1-2H3. The molecule has 0 aliphatic carbocycles. The minimum absolute atomic E-state index is 0.477. The largest absolute Gasteiger partial charge is 0.497 e. The third kappa shape index (κ3) is 4.86. The van der Waals surface area contributed by atoms with Crippen LogP contribution in [0.4, 0.5) is 0 Å². The molecule has 1 atom stereocenters. The van der Waals surface area contributed by atoms with Gasteiger partial charge in [0, 0.05) is 22.9 Å². The summed E-state index contributed by atoms with van der Waals surface area (Å²) in [7, 11) is 1.68. The molecule has 0 aromatic heterocycles. The summed E-state index contributed by atoms with van der Waals surface area (Å²) in [5.41, 5.74) is 1.21. The van der Waals surface area contributed by atoms with Crippen LogP contribution in [0.15, 0.2) is 22.7 Å². The molecule has 0 aliphatic rings. The molecular weight excluding hydrogens is 302 g/mol. The fraction of sp³-hybridized carbons (Fsp3) is 0.538. The Morgan fingerprint density at radius 3 is 2.82 bits per heavy atom. The van der Waals surface area contributed by atoms with Gasteiger partial charge in [0.05, 0.1) is 7.11 Å². The topological polar surface area (TPSA) is 21.3 Å². The maximum atomic E-state index is 5.77. The van der Waals surface area contributed by atoms with Gasteiger partial charge < -0.3 is 10.1 Å². The van der Waals surface area contributed by atoms with Gasteiger partial charge in [0.1, 0.15) is 5.75 Å². The molecule has 1 aromatic rings. The molecule has 0 spiro atoms. The summed E-state index contributed by atoms with van der Waals surface area (Å²) in [6.45, 7) is 3.00. The summed E-state index contributed by atoms with van der Waals surface area (Å²) in [5.74, 6) is 1.58. The van der Waals surface area contributed by atoms with Crippen molar-refractivity contribution >= 4 is 27.5 Å². The summed E-state index contributed by atoms with van der Waals surface area (Å²) in [5, 5.41) is 3.51. The number of benzene rings is 1. The lowest BCUT2D eigenvalue weighted by Crippen LogP contribution is -2.28. The molecule has 1 N–H and O–H groups in total. The fourth-order valence-corrected chi connectivity index (χ4v) is 2.30. The van der Waals surface area contributed by atoms with Crippen molar-refractivity contribution in [1.82, 2.24) is 5.32 Å². The van der Waals surface area contributed by atoms with Crippen LogP contribution in [0.3, 0.4) is 0 Å². The first-order valence-electron chi connectivity index (χ1n) is 5.83. The third-order valence-corrected chi connectivity index (χ3v) is 3.78. The summed E-state index contributed by atoms with van der Waals surface area (Å²) in [6.07, 6.45) is 2.09. The number of ether oxygens (including phenoxy) is 1. The molecule has 1 rings (SSSR count). The molecule has 0 saturated carbocycles. The van der Waals surface area contributed by atoms with E-state index in [2.05, 4.69) is 28.2 Å². The van der Waals surface area contributed by atoms with E-state index in [1.54, 1.807) is 7.11 Å². The molecule has 1 unspecified atom stereocenters. The van der Waals surface area contributed by atoms with Crippen LogP contribution in [-0.2, 0) is 6.54 Å². The Morgan fingerprint density at radius 1 is 1.47 bits per heavy atom. The monoisotopic (exact) mass is 319 g/mol. The predicted molar refractivity (Wildman–Crippen MR) is 76.9 cm³/mol. The van der Waals surface area contributed by atoms with E-state index >= 15 is 0 Å². The molecule has 0 radical (unpaired) electrons. The Hall–Kier alpha value is -0.250. The Labute approximate surface area is 117 Å². The molecule has 4 heteroatoms. The van der Waals surface area contributed by atoms with Gasteiger partial charge in [-0.05, 0) is 36.6 Å². The first kappa shape index (κ1) is 14.8. The number of methoxy groups -OCH3 is 1. The molecule has 0 aliphatic heterocycles.